The standard InChI is InChI=1S/C13H19NO3/c1-9-8-10(15)6-7-11(9)14(5)12(16)17-13(2,3)4/h6-8,15H,1-5H3. The summed E-state index contributed by atoms with van der Waals surface area (Å²) in [6.07, 6.45) is -0.411. The molecule has 0 saturated heterocycles. The number of carbonyl (C=O) groups is 1. The summed E-state index contributed by atoms with van der Waals surface area (Å²) < 4.78 is 5.26. The second-order valence-electron chi connectivity index (χ2n) is 5.01. The molecular weight excluding hydrogens is 218 g/mol. The monoisotopic (exact) mass is 237 g/mol. The van der Waals surface area contributed by atoms with Crippen molar-refractivity contribution in [3.8, 4) is 5.75 Å². The minimum atomic E-state index is -0.518. The van der Waals surface area contributed by atoms with Gasteiger partial charge in [0.15, 0.2) is 0 Å². The van der Waals surface area contributed by atoms with Gasteiger partial charge in [-0.1, -0.05) is 0 Å². The van der Waals surface area contributed by atoms with Gasteiger partial charge in [-0.25, -0.2) is 4.79 Å². The Bertz CT molecular complexity index is 421. The summed E-state index contributed by atoms with van der Waals surface area (Å²) >= 11 is 0. The maximum Gasteiger partial charge on any atom is 0.414 e. The SMILES string of the molecule is Cc1cc(O)ccc1N(C)C(=O)OC(C)(C)C. The number of aryl methyl sites for hydroxylation is 1. The number of amides is 1. The maximum absolute atomic E-state index is 11.8. The van der Waals surface area contributed by atoms with Gasteiger partial charge in [0, 0.05) is 12.7 Å². The molecule has 4 heteroatoms. The zero-order chi connectivity index (χ0) is 13.2. The average molecular weight is 237 g/mol. The number of benzene rings is 1. The molecular formula is C13H19NO3. The number of ether oxygens (including phenoxy) is 1. The van der Waals surface area contributed by atoms with Crippen molar-refractivity contribution < 1.29 is 14.6 Å². The van der Waals surface area contributed by atoms with Crippen molar-refractivity contribution in [1.29, 1.82) is 0 Å². The van der Waals surface area contributed by atoms with E-state index in [-0.39, 0.29) is 5.75 Å². The van der Waals surface area contributed by atoms with Crippen molar-refractivity contribution in [2.75, 3.05) is 11.9 Å². The lowest BCUT2D eigenvalue weighted by Gasteiger charge is -2.25. The third-order valence-corrected chi connectivity index (χ3v) is 2.21. The van der Waals surface area contributed by atoms with Crippen molar-refractivity contribution in [3.05, 3.63) is 23.8 Å². The smallest absolute Gasteiger partial charge is 0.414 e. The van der Waals surface area contributed by atoms with E-state index in [1.165, 1.54) is 4.90 Å². The Morgan fingerprint density at radius 3 is 2.41 bits per heavy atom. The summed E-state index contributed by atoms with van der Waals surface area (Å²) in [7, 11) is 1.65. The van der Waals surface area contributed by atoms with Crippen LogP contribution in [-0.4, -0.2) is 23.8 Å². The molecule has 0 aliphatic carbocycles. The molecule has 0 aliphatic rings. The highest BCUT2D eigenvalue weighted by atomic mass is 16.6. The minimum Gasteiger partial charge on any atom is -0.508 e. The summed E-state index contributed by atoms with van der Waals surface area (Å²) in [6.45, 7) is 7.29. The molecule has 1 rings (SSSR count). The first-order valence-electron chi connectivity index (χ1n) is 5.47. The van der Waals surface area contributed by atoms with E-state index in [2.05, 4.69) is 0 Å². The number of hydrogen-bond donors (Lipinski definition) is 1. The Balaban J connectivity index is 2.89. The van der Waals surface area contributed by atoms with Gasteiger partial charge in [-0.3, -0.25) is 4.90 Å². The van der Waals surface area contributed by atoms with Gasteiger partial charge < -0.3 is 9.84 Å². The third kappa shape index (κ3) is 3.66. The number of carbonyl (C=O) groups excluding carboxylic acids is 1. The first kappa shape index (κ1) is 13.4. The number of hydrogen-bond acceptors (Lipinski definition) is 3. The maximum atomic E-state index is 11.8. The van der Waals surface area contributed by atoms with Crippen LogP contribution in [0.15, 0.2) is 18.2 Å². The van der Waals surface area contributed by atoms with Crippen LogP contribution in [0, 0.1) is 6.92 Å². The molecule has 0 heterocycles. The summed E-state index contributed by atoms with van der Waals surface area (Å²) in [5.74, 6) is 0.184. The molecule has 0 fully saturated rings. The van der Waals surface area contributed by atoms with Crippen LogP contribution in [0.1, 0.15) is 26.3 Å². The molecule has 0 saturated carbocycles. The average Bonchev–Trinajstić information content (AvgIpc) is 2.14. The summed E-state index contributed by atoms with van der Waals surface area (Å²) in [4.78, 5) is 13.3. The van der Waals surface area contributed by atoms with Crippen molar-refractivity contribution in [2.24, 2.45) is 0 Å². The van der Waals surface area contributed by atoms with E-state index in [0.717, 1.165) is 11.3 Å². The van der Waals surface area contributed by atoms with E-state index in [4.69, 9.17) is 4.74 Å². The number of phenols is 1. The predicted octanol–water partition coefficient (Wildman–Crippen LogP) is 3.07. The molecule has 4 nitrogen and oxygen atoms in total. The van der Waals surface area contributed by atoms with Gasteiger partial charge in [0.05, 0.1) is 0 Å². The first-order valence-corrected chi connectivity index (χ1v) is 5.47. The molecule has 17 heavy (non-hydrogen) atoms. The largest absolute Gasteiger partial charge is 0.508 e. The van der Waals surface area contributed by atoms with E-state index in [1.54, 1.807) is 25.2 Å². The van der Waals surface area contributed by atoms with Crippen LogP contribution in [0.5, 0.6) is 5.75 Å². The zero-order valence-corrected chi connectivity index (χ0v) is 10.9. The van der Waals surface area contributed by atoms with Crippen LogP contribution in [-0.2, 0) is 4.74 Å². The van der Waals surface area contributed by atoms with Crippen molar-refractivity contribution in [3.63, 3.8) is 0 Å². The third-order valence-electron chi connectivity index (χ3n) is 2.21. The molecule has 0 unspecified atom stereocenters. The quantitative estimate of drug-likeness (QED) is 0.816. The van der Waals surface area contributed by atoms with Crippen LogP contribution in [0.4, 0.5) is 10.5 Å². The van der Waals surface area contributed by atoms with Gasteiger partial charge in [-0.15, -0.1) is 0 Å². The number of aromatic hydroxyl groups is 1. The minimum absolute atomic E-state index is 0.184. The fourth-order valence-corrected chi connectivity index (χ4v) is 1.44. The number of anilines is 1. The van der Waals surface area contributed by atoms with Gasteiger partial charge in [0.25, 0.3) is 0 Å². The zero-order valence-electron chi connectivity index (χ0n) is 10.9. The normalized spacial score (nSPS) is 11.1. The van der Waals surface area contributed by atoms with Gasteiger partial charge >= 0.3 is 6.09 Å². The van der Waals surface area contributed by atoms with Gasteiger partial charge in [-0.2, -0.15) is 0 Å². The Hall–Kier alpha value is -1.71. The van der Waals surface area contributed by atoms with Crippen LogP contribution in [0.25, 0.3) is 0 Å². The molecule has 1 aromatic carbocycles. The number of rotatable bonds is 1. The van der Waals surface area contributed by atoms with Crippen molar-refractivity contribution >= 4 is 11.8 Å². The van der Waals surface area contributed by atoms with Gasteiger partial charge in [0.2, 0.25) is 0 Å². The molecule has 0 spiro atoms. The van der Waals surface area contributed by atoms with Crippen molar-refractivity contribution in [2.45, 2.75) is 33.3 Å². The molecule has 0 bridgehead atoms. The highest BCUT2D eigenvalue weighted by Gasteiger charge is 2.21. The summed E-state index contributed by atoms with van der Waals surface area (Å²) in [6, 6.07) is 4.84. The topological polar surface area (TPSA) is 49.8 Å². The first-order chi connectivity index (χ1) is 7.70. The number of nitrogens with zero attached hydrogens (tertiary/aromatic N) is 1. The molecule has 0 atom stereocenters. The van der Waals surface area contributed by atoms with E-state index in [9.17, 15) is 9.90 Å². The van der Waals surface area contributed by atoms with E-state index in [1.807, 2.05) is 27.7 Å². The van der Waals surface area contributed by atoms with E-state index < -0.39 is 11.7 Å². The Morgan fingerprint density at radius 1 is 1.35 bits per heavy atom. The molecule has 1 aromatic rings. The lowest BCUT2D eigenvalue weighted by molar-refractivity contribution is 0.0589. The van der Waals surface area contributed by atoms with Crippen LogP contribution < -0.4 is 4.90 Å². The van der Waals surface area contributed by atoms with Crippen molar-refractivity contribution in [1.82, 2.24) is 0 Å². The fraction of sp³-hybridized carbons (Fsp3) is 0.462. The van der Waals surface area contributed by atoms with Gasteiger partial charge in [0.1, 0.15) is 11.4 Å². The number of phenolic OH excluding ortho intramolecular Hbond substituents is 1. The van der Waals surface area contributed by atoms with E-state index >= 15 is 0 Å². The Labute approximate surface area is 102 Å². The van der Waals surface area contributed by atoms with E-state index in [0.29, 0.717) is 0 Å². The Kier molecular flexibility index (Phi) is 3.66. The summed E-state index contributed by atoms with van der Waals surface area (Å²) in [5.41, 5.74) is 1.02. The molecule has 1 N–H and O–H groups in total. The predicted molar refractivity (Wildman–Crippen MR) is 67.5 cm³/mol. The molecule has 0 aromatic heterocycles. The van der Waals surface area contributed by atoms with Crippen LogP contribution in [0.3, 0.4) is 0 Å². The lowest BCUT2D eigenvalue weighted by atomic mass is 10.2. The molecule has 94 valence electrons. The van der Waals surface area contributed by atoms with Crippen LogP contribution >= 0.6 is 0 Å². The van der Waals surface area contributed by atoms with Gasteiger partial charge in [-0.05, 0) is 51.5 Å². The molecule has 0 radical (unpaired) electrons. The highest BCUT2D eigenvalue weighted by Crippen LogP contribution is 2.24. The fourth-order valence-electron chi connectivity index (χ4n) is 1.44. The second-order valence-corrected chi connectivity index (χ2v) is 5.01. The Morgan fingerprint density at radius 2 is 1.94 bits per heavy atom. The summed E-state index contributed by atoms with van der Waals surface area (Å²) in [5, 5.41) is 9.31. The second kappa shape index (κ2) is 4.65. The molecule has 1 amide bonds. The van der Waals surface area contributed by atoms with Crippen LogP contribution in [0.2, 0.25) is 0 Å². The lowest BCUT2D eigenvalue weighted by Crippen LogP contribution is -2.34. The molecule has 0 aliphatic heterocycles. The highest BCUT2D eigenvalue weighted by molar-refractivity contribution is 5.88.